The molecule has 1 aromatic rings. The Labute approximate surface area is 82.1 Å². The minimum absolute atomic E-state index is 0.273. The SMILES string of the molecule is CCc1c(F)cc(F)cc1OC.CO. The molecule has 0 bridgehead atoms. The average Bonchev–Trinajstić information content (AvgIpc) is 2.19. The molecule has 0 aliphatic carbocycles. The van der Waals surface area contributed by atoms with Gasteiger partial charge in [0.1, 0.15) is 17.4 Å². The molecule has 80 valence electrons. The summed E-state index contributed by atoms with van der Waals surface area (Å²) in [6, 6.07) is 2.04. The molecule has 0 saturated heterocycles. The molecule has 0 spiro atoms. The van der Waals surface area contributed by atoms with Crippen molar-refractivity contribution in [3.8, 4) is 5.75 Å². The summed E-state index contributed by atoms with van der Waals surface area (Å²) in [4.78, 5) is 0. The summed E-state index contributed by atoms with van der Waals surface area (Å²) < 4.78 is 30.4. The predicted molar refractivity (Wildman–Crippen MR) is 50.4 cm³/mol. The molecular weight excluding hydrogens is 190 g/mol. The Morgan fingerprint density at radius 2 is 1.86 bits per heavy atom. The van der Waals surface area contributed by atoms with Crippen molar-refractivity contribution in [2.45, 2.75) is 13.3 Å². The molecule has 0 saturated carbocycles. The van der Waals surface area contributed by atoms with Gasteiger partial charge in [0.25, 0.3) is 0 Å². The second-order valence-electron chi connectivity index (χ2n) is 2.42. The molecule has 1 N–H and O–H groups in total. The van der Waals surface area contributed by atoms with E-state index in [0.717, 1.165) is 13.2 Å². The van der Waals surface area contributed by atoms with E-state index in [4.69, 9.17) is 9.84 Å². The van der Waals surface area contributed by atoms with Crippen molar-refractivity contribution in [3.63, 3.8) is 0 Å². The lowest BCUT2D eigenvalue weighted by atomic mass is 10.1. The van der Waals surface area contributed by atoms with Crippen LogP contribution in [0.25, 0.3) is 0 Å². The normalized spacial score (nSPS) is 9.00. The third-order valence-corrected chi connectivity index (χ3v) is 1.69. The van der Waals surface area contributed by atoms with Crippen LogP contribution in [0.2, 0.25) is 0 Å². The Kier molecular flexibility index (Phi) is 5.79. The molecule has 0 atom stereocenters. The number of benzene rings is 1. The summed E-state index contributed by atoms with van der Waals surface area (Å²) in [5.74, 6) is -0.883. The number of aliphatic hydroxyl groups is 1. The smallest absolute Gasteiger partial charge is 0.132 e. The van der Waals surface area contributed by atoms with Crippen LogP contribution in [0.4, 0.5) is 8.78 Å². The number of aliphatic hydroxyl groups excluding tert-OH is 1. The summed E-state index contributed by atoms with van der Waals surface area (Å²) in [6.07, 6.45) is 0.495. The first-order valence-electron chi connectivity index (χ1n) is 4.15. The highest BCUT2D eigenvalue weighted by molar-refractivity contribution is 5.35. The van der Waals surface area contributed by atoms with Gasteiger partial charge in [-0.05, 0) is 6.42 Å². The van der Waals surface area contributed by atoms with Crippen molar-refractivity contribution < 1.29 is 18.6 Å². The molecule has 0 aromatic heterocycles. The molecule has 0 aliphatic heterocycles. The van der Waals surface area contributed by atoms with Gasteiger partial charge < -0.3 is 9.84 Å². The van der Waals surface area contributed by atoms with Gasteiger partial charge in [-0.2, -0.15) is 0 Å². The van der Waals surface area contributed by atoms with Gasteiger partial charge >= 0.3 is 0 Å². The largest absolute Gasteiger partial charge is 0.496 e. The van der Waals surface area contributed by atoms with Gasteiger partial charge in [-0.15, -0.1) is 0 Å². The van der Waals surface area contributed by atoms with E-state index in [1.54, 1.807) is 6.92 Å². The third kappa shape index (κ3) is 2.96. The lowest BCUT2D eigenvalue weighted by Gasteiger charge is -2.06. The molecule has 0 unspecified atom stereocenters. The van der Waals surface area contributed by atoms with E-state index in [9.17, 15) is 8.78 Å². The zero-order valence-electron chi connectivity index (χ0n) is 8.47. The van der Waals surface area contributed by atoms with Gasteiger partial charge in [0.05, 0.1) is 7.11 Å². The van der Waals surface area contributed by atoms with Crippen LogP contribution in [0.3, 0.4) is 0 Å². The minimum Gasteiger partial charge on any atom is -0.496 e. The number of halogens is 2. The molecule has 1 aromatic carbocycles. The van der Waals surface area contributed by atoms with Crippen molar-refractivity contribution >= 4 is 0 Å². The first-order chi connectivity index (χ1) is 6.69. The van der Waals surface area contributed by atoms with Crippen LogP contribution < -0.4 is 4.74 Å². The van der Waals surface area contributed by atoms with E-state index >= 15 is 0 Å². The van der Waals surface area contributed by atoms with Crippen LogP contribution in [0.5, 0.6) is 5.75 Å². The fraction of sp³-hybridized carbons (Fsp3) is 0.400. The monoisotopic (exact) mass is 204 g/mol. The molecule has 0 amide bonds. The van der Waals surface area contributed by atoms with Gasteiger partial charge in [0.15, 0.2) is 0 Å². The van der Waals surface area contributed by atoms with Crippen LogP contribution in [-0.4, -0.2) is 19.3 Å². The lowest BCUT2D eigenvalue weighted by Crippen LogP contribution is -1.95. The van der Waals surface area contributed by atoms with Gasteiger partial charge in [0, 0.05) is 24.8 Å². The van der Waals surface area contributed by atoms with E-state index in [-0.39, 0.29) is 5.75 Å². The molecule has 14 heavy (non-hydrogen) atoms. The number of hydrogen-bond donors (Lipinski definition) is 1. The second-order valence-corrected chi connectivity index (χ2v) is 2.42. The standard InChI is InChI=1S/C9H10F2O.CH4O/c1-3-7-8(11)4-6(10)5-9(7)12-2;1-2/h4-5H,3H2,1-2H3;2H,1H3. The zero-order valence-corrected chi connectivity index (χ0v) is 8.47. The van der Waals surface area contributed by atoms with E-state index < -0.39 is 11.6 Å². The highest BCUT2D eigenvalue weighted by Gasteiger charge is 2.09. The third-order valence-electron chi connectivity index (χ3n) is 1.69. The Morgan fingerprint density at radius 1 is 1.29 bits per heavy atom. The van der Waals surface area contributed by atoms with Crippen molar-refractivity contribution in [2.75, 3.05) is 14.2 Å². The van der Waals surface area contributed by atoms with Crippen molar-refractivity contribution in [2.24, 2.45) is 0 Å². The summed E-state index contributed by atoms with van der Waals surface area (Å²) >= 11 is 0. The molecule has 2 nitrogen and oxygen atoms in total. The number of rotatable bonds is 2. The molecule has 0 radical (unpaired) electrons. The summed E-state index contributed by atoms with van der Waals surface area (Å²) in [7, 11) is 2.40. The van der Waals surface area contributed by atoms with Crippen molar-refractivity contribution in [3.05, 3.63) is 29.3 Å². The van der Waals surface area contributed by atoms with Crippen LogP contribution in [0.1, 0.15) is 12.5 Å². The minimum atomic E-state index is -0.610. The molecule has 0 heterocycles. The fourth-order valence-corrected chi connectivity index (χ4v) is 1.11. The summed E-state index contributed by atoms with van der Waals surface area (Å²) in [5, 5.41) is 7.00. The molecule has 4 heteroatoms. The summed E-state index contributed by atoms with van der Waals surface area (Å²) in [6.45, 7) is 1.79. The second kappa shape index (κ2) is 6.32. The maximum Gasteiger partial charge on any atom is 0.132 e. The van der Waals surface area contributed by atoms with Gasteiger partial charge in [-0.3, -0.25) is 0 Å². The first kappa shape index (κ1) is 12.8. The number of methoxy groups -OCH3 is 1. The van der Waals surface area contributed by atoms with E-state index in [0.29, 0.717) is 12.0 Å². The average molecular weight is 204 g/mol. The zero-order chi connectivity index (χ0) is 11.1. The van der Waals surface area contributed by atoms with E-state index in [1.807, 2.05) is 0 Å². The molecule has 1 rings (SSSR count). The van der Waals surface area contributed by atoms with Gasteiger partial charge in [0.2, 0.25) is 0 Å². The van der Waals surface area contributed by atoms with Crippen LogP contribution in [0.15, 0.2) is 12.1 Å². The quantitative estimate of drug-likeness (QED) is 0.799. The lowest BCUT2D eigenvalue weighted by molar-refractivity contribution is 0.399. The predicted octanol–water partition coefficient (Wildman–Crippen LogP) is 2.14. The highest BCUT2D eigenvalue weighted by atomic mass is 19.1. The van der Waals surface area contributed by atoms with Crippen LogP contribution >= 0.6 is 0 Å². The number of hydrogen-bond acceptors (Lipinski definition) is 2. The highest BCUT2D eigenvalue weighted by Crippen LogP contribution is 2.23. The first-order valence-corrected chi connectivity index (χ1v) is 4.15. The number of ether oxygens (including phenoxy) is 1. The molecular formula is C10H14F2O2. The Morgan fingerprint density at radius 3 is 2.29 bits per heavy atom. The Balaban J connectivity index is 0.000000791. The Hall–Kier alpha value is -1.16. The molecule has 0 fully saturated rings. The van der Waals surface area contributed by atoms with Crippen molar-refractivity contribution in [1.82, 2.24) is 0 Å². The Bertz CT molecular complexity index is 288. The maximum atomic E-state index is 13.0. The van der Waals surface area contributed by atoms with Crippen LogP contribution in [-0.2, 0) is 6.42 Å². The van der Waals surface area contributed by atoms with Crippen molar-refractivity contribution in [1.29, 1.82) is 0 Å². The van der Waals surface area contributed by atoms with E-state index in [2.05, 4.69) is 0 Å². The van der Waals surface area contributed by atoms with Gasteiger partial charge in [-0.1, -0.05) is 6.92 Å². The van der Waals surface area contributed by atoms with Crippen LogP contribution in [0, 0.1) is 11.6 Å². The topological polar surface area (TPSA) is 29.5 Å². The molecule has 0 aliphatic rings. The summed E-state index contributed by atoms with van der Waals surface area (Å²) in [5.41, 5.74) is 0.416. The maximum absolute atomic E-state index is 13.0. The van der Waals surface area contributed by atoms with Gasteiger partial charge in [-0.25, -0.2) is 8.78 Å². The van der Waals surface area contributed by atoms with E-state index in [1.165, 1.54) is 13.2 Å². The fourth-order valence-electron chi connectivity index (χ4n) is 1.11.